The van der Waals surface area contributed by atoms with Crippen molar-refractivity contribution in [3.8, 4) is 0 Å². The summed E-state index contributed by atoms with van der Waals surface area (Å²) < 4.78 is 13.9. The quantitative estimate of drug-likeness (QED) is 0.813. The van der Waals surface area contributed by atoms with Crippen LogP contribution in [0.15, 0.2) is 35.1 Å². The van der Waals surface area contributed by atoms with Crippen LogP contribution >= 0.6 is 15.9 Å². The van der Waals surface area contributed by atoms with Crippen LogP contribution in [0.3, 0.4) is 0 Å². The van der Waals surface area contributed by atoms with Crippen LogP contribution in [-0.4, -0.2) is 34.3 Å². The third-order valence-electron chi connectivity index (χ3n) is 4.26. The van der Waals surface area contributed by atoms with Gasteiger partial charge in [0, 0.05) is 23.6 Å². The maximum absolute atomic E-state index is 13.1. The maximum atomic E-state index is 13.1. The number of aliphatic hydroxyl groups excluding tert-OH is 1. The summed E-state index contributed by atoms with van der Waals surface area (Å²) in [5.74, 6) is 1.26. The Balaban J connectivity index is 1.71. The molecule has 128 valence electrons. The number of aliphatic hydroxyl groups is 1. The second-order valence-corrected chi connectivity index (χ2v) is 6.73. The number of hydrogen-bond acceptors (Lipinski definition) is 5. The lowest BCUT2D eigenvalue weighted by Gasteiger charge is -2.35. The Morgan fingerprint density at radius 3 is 2.96 bits per heavy atom. The second-order valence-electron chi connectivity index (χ2n) is 5.88. The van der Waals surface area contributed by atoms with Crippen molar-refractivity contribution in [1.82, 2.24) is 9.97 Å². The van der Waals surface area contributed by atoms with Gasteiger partial charge in [0.1, 0.15) is 23.8 Å². The van der Waals surface area contributed by atoms with E-state index in [9.17, 15) is 9.50 Å². The molecular formula is C17H20BrFN4O. The number of piperidine rings is 1. The number of hydrogen-bond donors (Lipinski definition) is 2. The molecule has 0 saturated carbocycles. The highest BCUT2D eigenvalue weighted by Gasteiger charge is 2.23. The molecule has 2 N–H and O–H groups in total. The van der Waals surface area contributed by atoms with Crippen LogP contribution in [0.5, 0.6) is 0 Å². The fourth-order valence-electron chi connectivity index (χ4n) is 2.94. The van der Waals surface area contributed by atoms with Crippen molar-refractivity contribution < 1.29 is 9.50 Å². The molecule has 24 heavy (non-hydrogen) atoms. The molecule has 1 unspecified atom stereocenters. The predicted molar refractivity (Wildman–Crippen MR) is 95.5 cm³/mol. The minimum absolute atomic E-state index is 0.118. The van der Waals surface area contributed by atoms with Crippen molar-refractivity contribution >= 4 is 27.6 Å². The van der Waals surface area contributed by atoms with Gasteiger partial charge in [0.25, 0.3) is 0 Å². The molecule has 5 nitrogen and oxygen atoms in total. The topological polar surface area (TPSA) is 61.3 Å². The molecule has 1 fully saturated rings. The van der Waals surface area contributed by atoms with E-state index in [1.165, 1.54) is 18.5 Å². The summed E-state index contributed by atoms with van der Waals surface area (Å²) in [5.41, 5.74) is 0.947. The van der Waals surface area contributed by atoms with Crippen LogP contribution in [0.2, 0.25) is 0 Å². The van der Waals surface area contributed by atoms with Gasteiger partial charge in [-0.05, 0) is 37.0 Å². The highest BCUT2D eigenvalue weighted by Crippen LogP contribution is 2.24. The average Bonchev–Trinajstić information content (AvgIpc) is 2.61. The van der Waals surface area contributed by atoms with Crippen LogP contribution in [-0.2, 0) is 6.54 Å². The molecule has 1 atom stereocenters. The molecule has 0 bridgehead atoms. The molecule has 0 spiro atoms. The van der Waals surface area contributed by atoms with Gasteiger partial charge < -0.3 is 15.3 Å². The standard InChI is InChI=1S/C17H20BrFN4O/c18-15-7-13(19)5-4-12(15)9-20-16-8-17(22-11-21-16)23-6-2-1-3-14(23)10-24/h4-5,7-8,11,14,24H,1-3,6,9-10H2,(H,20,21,22). The number of halogens is 2. The summed E-state index contributed by atoms with van der Waals surface area (Å²) >= 11 is 3.37. The number of rotatable bonds is 5. The third kappa shape index (κ3) is 4.02. The van der Waals surface area contributed by atoms with Gasteiger partial charge in [-0.25, -0.2) is 14.4 Å². The maximum Gasteiger partial charge on any atom is 0.134 e. The Bertz CT molecular complexity index is 700. The van der Waals surface area contributed by atoms with E-state index < -0.39 is 0 Å². The van der Waals surface area contributed by atoms with Crippen LogP contribution in [0, 0.1) is 5.82 Å². The van der Waals surface area contributed by atoms with E-state index in [1.54, 1.807) is 6.07 Å². The summed E-state index contributed by atoms with van der Waals surface area (Å²) in [4.78, 5) is 10.7. The monoisotopic (exact) mass is 394 g/mol. The molecule has 1 aromatic carbocycles. The van der Waals surface area contributed by atoms with Gasteiger partial charge >= 0.3 is 0 Å². The first kappa shape index (κ1) is 17.1. The minimum Gasteiger partial charge on any atom is -0.394 e. The van der Waals surface area contributed by atoms with Crippen LogP contribution in [0.1, 0.15) is 24.8 Å². The number of nitrogens with one attached hydrogen (secondary N) is 1. The van der Waals surface area contributed by atoms with Gasteiger partial charge in [0.15, 0.2) is 0 Å². The van der Waals surface area contributed by atoms with Gasteiger partial charge in [-0.2, -0.15) is 0 Å². The van der Waals surface area contributed by atoms with Crippen LogP contribution < -0.4 is 10.2 Å². The molecular weight excluding hydrogens is 375 g/mol. The first-order valence-corrected chi connectivity index (χ1v) is 8.84. The molecule has 0 radical (unpaired) electrons. The fraction of sp³-hybridized carbons (Fsp3) is 0.412. The Kier molecular flexibility index (Phi) is 5.63. The molecule has 3 rings (SSSR count). The first-order valence-electron chi connectivity index (χ1n) is 8.04. The number of anilines is 2. The average molecular weight is 395 g/mol. The van der Waals surface area contributed by atoms with Crippen LogP contribution in [0.4, 0.5) is 16.0 Å². The molecule has 1 aliphatic rings. The van der Waals surface area contributed by atoms with Gasteiger partial charge in [0.2, 0.25) is 0 Å². The Morgan fingerprint density at radius 2 is 2.17 bits per heavy atom. The second kappa shape index (κ2) is 7.90. The van der Waals surface area contributed by atoms with Gasteiger partial charge in [-0.3, -0.25) is 0 Å². The van der Waals surface area contributed by atoms with E-state index in [-0.39, 0.29) is 18.5 Å². The zero-order valence-corrected chi connectivity index (χ0v) is 14.8. The van der Waals surface area contributed by atoms with Crippen molar-refractivity contribution in [2.24, 2.45) is 0 Å². The Labute approximate surface area is 149 Å². The van der Waals surface area contributed by atoms with Crippen molar-refractivity contribution in [1.29, 1.82) is 0 Å². The van der Waals surface area contributed by atoms with Gasteiger partial charge in [-0.1, -0.05) is 22.0 Å². The normalized spacial score (nSPS) is 17.8. The summed E-state index contributed by atoms with van der Waals surface area (Å²) in [6.45, 7) is 1.56. The van der Waals surface area contributed by atoms with Gasteiger partial charge in [0.05, 0.1) is 12.6 Å². The first-order chi connectivity index (χ1) is 11.7. The molecule has 2 aromatic rings. The largest absolute Gasteiger partial charge is 0.394 e. The van der Waals surface area contributed by atoms with Crippen molar-refractivity contribution in [3.63, 3.8) is 0 Å². The van der Waals surface area contributed by atoms with Crippen LogP contribution in [0.25, 0.3) is 0 Å². The summed E-state index contributed by atoms with van der Waals surface area (Å²) in [5, 5.41) is 12.8. The molecule has 7 heteroatoms. The molecule has 0 amide bonds. The minimum atomic E-state index is -0.268. The predicted octanol–water partition coefficient (Wildman–Crippen LogP) is 3.34. The lowest BCUT2D eigenvalue weighted by atomic mass is 10.0. The molecule has 1 aliphatic heterocycles. The number of aromatic nitrogens is 2. The summed E-state index contributed by atoms with van der Waals surface area (Å²) in [6, 6.07) is 6.63. The molecule has 1 saturated heterocycles. The Morgan fingerprint density at radius 1 is 1.29 bits per heavy atom. The number of nitrogens with zero attached hydrogens (tertiary/aromatic N) is 3. The SMILES string of the molecule is OCC1CCCCN1c1cc(NCc2ccc(F)cc2Br)ncn1. The zero-order chi connectivity index (χ0) is 16.9. The zero-order valence-electron chi connectivity index (χ0n) is 13.3. The van der Waals surface area contributed by atoms with Crippen molar-refractivity contribution in [2.45, 2.75) is 31.8 Å². The van der Waals surface area contributed by atoms with E-state index in [1.807, 2.05) is 6.07 Å². The van der Waals surface area contributed by atoms with Crippen molar-refractivity contribution in [2.75, 3.05) is 23.4 Å². The lowest BCUT2D eigenvalue weighted by Crippen LogP contribution is -2.42. The summed E-state index contributed by atoms with van der Waals surface area (Å²) in [7, 11) is 0. The van der Waals surface area contributed by atoms with E-state index in [4.69, 9.17) is 0 Å². The number of benzene rings is 1. The smallest absolute Gasteiger partial charge is 0.134 e. The fourth-order valence-corrected chi connectivity index (χ4v) is 3.43. The molecule has 1 aromatic heterocycles. The van der Waals surface area contributed by atoms with E-state index in [0.29, 0.717) is 12.4 Å². The summed E-state index contributed by atoms with van der Waals surface area (Å²) in [6.07, 6.45) is 4.74. The molecule has 0 aliphatic carbocycles. The van der Waals surface area contributed by atoms with E-state index >= 15 is 0 Å². The van der Waals surface area contributed by atoms with E-state index in [2.05, 4.69) is 36.1 Å². The lowest BCUT2D eigenvalue weighted by molar-refractivity contribution is 0.239. The highest BCUT2D eigenvalue weighted by molar-refractivity contribution is 9.10. The van der Waals surface area contributed by atoms with Crippen molar-refractivity contribution in [3.05, 3.63) is 46.4 Å². The molecule has 2 heterocycles. The van der Waals surface area contributed by atoms with Gasteiger partial charge in [-0.15, -0.1) is 0 Å². The third-order valence-corrected chi connectivity index (χ3v) is 5.00. The van der Waals surface area contributed by atoms with E-state index in [0.717, 1.165) is 41.7 Å². The Hall–Kier alpha value is -1.73. The highest BCUT2D eigenvalue weighted by atomic mass is 79.9.